The van der Waals surface area contributed by atoms with Crippen LogP contribution in [0.3, 0.4) is 0 Å². The van der Waals surface area contributed by atoms with Crippen molar-refractivity contribution in [2.24, 2.45) is 0 Å². The van der Waals surface area contributed by atoms with E-state index in [1.165, 1.54) is 0 Å². The molecule has 0 bridgehead atoms. The Hall–Kier alpha value is -1.26. The Labute approximate surface area is 119 Å². The molecule has 0 saturated heterocycles. The number of benzene rings is 1. The number of aliphatic hydroxyl groups is 1. The third-order valence-corrected chi connectivity index (χ3v) is 3.04. The fraction of sp³-hybridized carbons (Fsp3) is 0.500. The van der Waals surface area contributed by atoms with Gasteiger partial charge in [0, 0.05) is 25.2 Å². The lowest BCUT2D eigenvalue weighted by Gasteiger charge is -2.18. The largest absolute Gasteiger partial charge is 0.393 e. The van der Waals surface area contributed by atoms with E-state index >= 15 is 0 Å². The second-order valence-corrected chi connectivity index (χ2v) is 5.11. The number of nitrogens with one attached hydrogen (secondary N) is 1. The van der Waals surface area contributed by atoms with Gasteiger partial charge in [0.2, 0.25) is 0 Å². The molecule has 0 aliphatic rings. The summed E-state index contributed by atoms with van der Waals surface area (Å²) in [5.41, 5.74) is 1.10. The summed E-state index contributed by atoms with van der Waals surface area (Å²) in [6.07, 6.45) is 0.941. The predicted octanol–water partition coefficient (Wildman–Crippen LogP) is 2.29. The van der Waals surface area contributed by atoms with Gasteiger partial charge >= 0.3 is 6.03 Å². The van der Waals surface area contributed by atoms with Crippen LogP contribution in [0, 0.1) is 0 Å². The first-order chi connectivity index (χ1) is 8.99. The predicted molar refractivity (Wildman–Crippen MR) is 77.5 cm³/mol. The first kappa shape index (κ1) is 15.8. The Balaban J connectivity index is 2.26. The maximum atomic E-state index is 11.7. The number of carbonyl (C=O) groups excluding carboxylic acids is 1. The van der Waals surface area contributed by atoms with Gasteiger partial charge in [-0.2, -0.15) is 0 Å². The number of halogens is 1. The van der Waals surface area contributed by atoms with Crippen molar-refractivity contribution < 1.29 is 9.90 Å². The number of hydrogen-bond acceptors (Lipinski definition) is 2. The molecule has 4 nitrogen and oxygen atoms in total. The minimum absolute atomic E-state index is 0.123. The maximum absolute atomic E-state index is 11.7. The molecule has 2 amide bonds. The summed E-state index contributed by atoms with van der Waals surface area (Å²) in [7, 11) is 1.72. The highest BCUT2D eigenvalue weighted by Crippen LogP contribution is 2.10. The van der Waals surface area contributed by atoms with Gasteiger partial charge < -0.3 is 15.3 Å². The van der Waals surface area contributed by atoms with Crippen LogP contribution in [0.5, 0.6) is 0 Å². The van der Waals surface area contributed by atoms with Crippen molar-refractivity contribution >= 4 is 17.6 Å². The molecule has 2 N–H and O–H groups in total. The molecule has 0 radical (unpaired) electrons. The lowest BCUT2D eigenvalue weighted by Crippen LogP contribution is -2.39. The number of rotatable bonds is 6. The van der Waals surface area contributed by atoms with Crippen molar-refractivity contribution in [2.75, 3.05) is 20.1 Å². The second-order valence-electron chi connectivity index (χ2n) is 4.67. The van der Waals surface area contributed by atoms with Gasteiger partial charge in [-0.1, -0.05) is 23.7 Å². The molecule has 0 fully saturated rings. The van der Waals surface area contributed by atoms with Crippen molar-refractivity contribution in [1.29, 1.82) is 0 Å². The maximum Gasteiger partial charge on any atom is 0.317 e. The number of carbonyl (C=O) groups is 1. The van der Waals surface area contributed by atoms with Crippen LogP contribution in [0.15, 0.2) is 24.3 Å². The van der Waals surface area contributed by atoms with E-state index in [-0.39, 0.29) is 12.1 Å². The van der Waals surface area contributed by atoms with Crippen LogP contribution in [-0.2, 0) is 6.42 Å². The molecule has 106 valence electrons. The lowest BCUT2D eigenvalue weighted by atomic mass is 10.1. The molecule has 0 aliphatic heterocycles. The van der Waals surface area contributed by atoms with Crippen molar-refractivity contribution in [3.8, 4) is 0 Å². The summed E-state index contributed by atoms with van der Waals surface area (Å²) in [5.74, 6) is 0. The van der Waals surface area contributed by atoms with Gasteiger partial charge in [0.1, 0.15) is 0 Å². The standard InChI is InChI=1S/C14H21ClN2O2/c1-11(18)7-9-17(2)14(19)16-8-6-12-4-3-5-13(15)10-12/h3-5,10-11,18H,6-9H2,1-2H3,(H,16,19). The second kappa shape index (κ2) is 8.02. The van der Waals surface area contributed by atoms with E-state index in [4.69, 9.17) is 16.7 Å². The lowest BCUT2D eigenvalue weighted by molar-refractivity contribution is 0.163. The van der Waals surface area contributed by atoms with Crippen LogP contribution in [0.1, 0.15) is 18.9 Å². The minimum Gasteiger partial charge on any atom is -0.393 e. The summed E-state index contributed by atoms with van der Waals surface area (Å²) in [5, 5.41) is 12.7. The van der Waals surface area contributed by atoms with Gasteiger partial charge in [0.15, 0.2) is 0 Å². The van der Waals surface area contributed by atoms with Crippen molar-refractivity contribution in [2.45, 2.75) is 25.9 Å². The van der Waals surface area contributed by atoms with Crippen molar-refractivity contribution in [1.82, 2.24) is 10.2 Å². The molecule has 0 spiro atoms. The van der Waals surface area contributed by atoms with E-state index in [1.807, 2.05) is 24.3 Å². The van der Waals surface area contributed by atoms with Crippen molar-refractivity contribution in [3.05, 3.63) is 34.9 Å². The fourth-order valence-corrected chi connectivity index (χ4v) is 1.84. The van der Waals surface area contributed by atoms with Crippen LogP contribution in [0.2, 0.25) is 5.02 Å². The monoisotopic (exact) mass is 284 g/mol. The topological polar surface area (TPSA) is 52.6 Å². The molecular weight excluding hydrogens is 264 g/mol. The summed E-state index contributed by atoms with van der Waals surface area (Å²) < 4.78 is 0. The third kappa shape index (κ3) is 6.45. The first-order valence-electron chi connectivity index (χ1n) is 6.40. The van der Waals surface area contributed by atoms with E-state index in [2.05, 4.69) is 5.32 Å². The number of amides is 2. The van der Waals surface area contributed by atoms with Crippen LogP contribution in [0.25, 0.3) is 0 Å². The number of nitrogens with zero attached hydrogens (tertiary/aromatic N) is 1. The summed E-state index contributed by atoms with van der Waals surface area (Å²) in [6.45, 7) is 2.82. The van der Waals surface area contributed by atoms with Gasteiger partial charge in [0.05, 0.1) is 6.10 Å². The number of hydrogen-bond donors (Lipinski definition) is 2. The molecule has 1 aromatic rings. The molecule has 0 aliphatic carbocycles. The van der Waals surface area contributed by atoms with E-state index in [1.54, 1.807) is 18.9 Å². The normalized spacial score (nSPS) is 12.0. The summed E-state index contributed by atoms with van der Waals surface area (Å²) in [4.78, 5) is 13.3. The molecule has 19 heavy (non-hydrogen) atoms. The molecule has 0 aromatic heterocycles. The Morgan fingerprint density at radius 2 is 2.26 bits per heavy atom. The molecule has 0 saturated carbocycles. The highest BCUT2D eigenvalue weighted by molar-refractivity contribution is 6.30. The first-order valence-corrected chi connectivity index (χ1v) is 6.78. The van der Waals surface area contributed by atoms with Crippen LogP contribution in [-0.4, -0.2) is 42.3 Å². The molecule has 1 atom stereocenters. The number of aliphatic hydroxyl groups excluding tert-OH is 1. The zero-order chi connectivity index (χ0) is 14.3. The van der Waals surface area contributed by atoms with Crippen molar-refractivity contribution in [3.63, 3.8) is 0 Å². The fourth-order valence-electron chi connectivity index (χ4n) is 1.62. The molecular formula is C14H21ClN2O2. The van der Waals surface area contributed by atoms with E-state index in [0.29, 0.717) is 24.5 Å². The van der Waals surface area contributed by atoms with Crippen LogP contribution in [0.4, 0.5) is 4.79 Å². The Morgan fingerprint density at radius 1 is 1.53 bits per heavy atom. The third-order valence-electron chi connectivity index (χ3n) is 2.81. The number of urea groups is 1. The van der Waals surface area contributed by atoms with Gasteiger partial charge in [-0.05, 0) is 37.5 Å². The molecule has 1 rings (SSSR count). The van der Waals surface area contributed by atoms with Gasteiger partial charge in [-0.3, -0.25) is 0 Å². The Morgan fingerprint density at radius 3 is 2.89 bits per heavy atom. The SMILES string of the molecule is CC(O)CCN(C)C(=O)NCCc1cccc(Cl)c1. The summed E-state index contributed by atoms with van der Waals surface area (Å²) in [6, 6.07) is 7.48. The zero-order valence-corrected chi connectivity index (χ0v) is 12.2. The zero-order valence-electron chi connectivity index (χ0n) is 11.4. The van der Waals surface area contributed by atoms with E-state index in [9.17, 15) is 4.79 Å². The van der Waals surface area contributed by atoms with Gasteiger partial charge in [0.25, 0.3) is 0 Å². The van der Waals surface area contributed by atoms with Crippen LogP contribution >= 0.6 is 11.6 Å². The van der Waals surface area contributed by atoms with Crippen LogP contribution < -0.4 is 5.32 Å². The smallest absolute Gasteiger partial charge is 0.317 e. The van der Waals surface area contributed by atoms with E-state index < -0.39 is 0 Å². The highest BCUT2D eigenvalue weighted by Gasteiger charge is 2.08. The van der Waals surface area contributed by atoms with E-state index in [0.717, 1.165) is 12.0 Å². The average molecular weight is 285 g/mol. The molecule has 1 aromatic carbocycles. The Kier molecular flexibility index (Phi) is 6.67. The molecule has 0 heterocycles. The molecule has 5 heteroatoms. The average Bonchev–Trinajstić information content (AvgIpc) is 2.35. The highest BCUT2D eigenvalue weighted by atomic mass is 35.5. The van der Waals surface area contributed by atoms with Gasteiger partial charge in [-0.25, -0.2) is 4.79 Å². The molecule has 1 unspecified atom stereocenters. The summed E-state index contributed by atoms with van der Waals surface area (Å²) >= 11 is 5.89. The Bertz CT molecular complexity index is 410. The quantitative estimate of drug-likeness (QED) is 0.842. The van der Waals surface area contributed by atoms with Gasteiger partial charge in [-0.15, -0.1) is 0 Å². The minimum atomic E-state index is -0.387.